The van der Waals surface area contributed by atoms with E-state index in [9.17, 15) is 0 Å². The lowest BCUT2D eigenvalue weighted by atomic mass is 10.1. The summed E-state index contributed by atoms with van der Waals surface area (Å²) in [7, 11) is -0.583. The second kappa shape index (κ2) is 5.79. The van der Waals surface area contributed by atoms with Gasteiger partial charge in [-0.3, -0.25) is 0 Å². The van der Waals surface area contributed by atoms with Crippen molar-refractivity contribution in [3.63, 3.8) is 0 Å². The van der Waals surface area contributed by atoms with Gasteiger partial charge in [0.25, 0.3) is 0 Å². The van der Waals surface area contributed by atoms with Crippen LogP contribution in [-0.4, -0.2) is 8.83 Å². The van der Waals surface area contributed by atoms with E-state index in [1.165, 1.54) is 10.8 Å². The Labute approximate surface area is 85.9 Å². The molecule has 1 rings (SSSR count). The number of unbranched alkanes of at least 4 members (excludes halogenated alkanes) is 1. The van der Waals surface area contributed by atoms with E-state index in [-0.39, 0.29) is 0 Å². The lowest BCUT2D eigenvalue weighted by Gasteiger charge is -2.04. The molecule has 3 heteroatoms. The lowest BCUT2D eigenvalue weighted by Crippen LogP contribution is -2.14. The summed E-state index contributed by atoms with van der Waals surface area (Å²) in [5.41, 5.74) is 1.33. The SMILES string of the molecule is N#CCCCc1ccccc1[SiH2]Cl. The van der Waals surface area contributed by atoms with Crippen molar-refractivity contribution >= 4 is 25.1 Å². The van der Waals surface area contributed by atoms with E-state index >= 15 is 0 Å². The third-order valence-corrected chi connectivity index (χ3v) is 3.84. The summed E-state index contributed by atoms with van der Waals surface area (Å²) in [6.45, 7) is 0. The highest BCUT2D eigenvalue weighted by molar-refractivity contribution is 7.01. The van der Waals surface area contributed by atoms with Gasteiger partial charge < -0.3 is 0 Å². The van der Waals surface area contributed by atoms with Crippen LogP contribution in [0.4, 0.5) is 0 Å². The molecule has 0 aliphatic rings. The Hall–Kier alpha value is -0.783. The van der Waals surface area contributed by atoms with Crippen LogP contribution < -0.4 is 5.19 Å². The van der Waals surface area contributed by atoms with E-state index < -0.39 is 8.83 Å². The standard InChI is InChI=1S/C10H12ClNSi/c11-13-10-7-2-1-5-9(10)6-3-4-8-12/h1-2,5,7H,3-4,6,13H2. The molecule has 0 amide bonds. The number of halogens is 1. The number of rotatable bonds is 4. The summed E-state index contributed by atoms with van der Waals surface area (Å²) in [4.78, 5) is 0. The minimum absolute atomic E-state index is 0.583. The zero-order valence-electron chi connectivity index (χ0n) is 7.46. The molecule has 0 spiro atoms. The van der Waals surface area contributed by atoms with Crippen molar-refractivity contribution in [3.05, 3.63) is 29.8 Å². The Balaban J connectivity index is 2.60. The largest absolute Gasteiger partial charge is 0.198 e. The average Bonchev–Trinajstić information content (AvgIpc) is 2.19. The van der Waals surface area contributed by atoms with E-state index in [2.05, 4.69) is 18.2 Å². The summed E-state index contributed by atoms with van der Waals surface area (Å²) in [5.74, 6) is 0. The highest BCUT2D eigenvalue weighted by atomic mass is 35.6. The van der Waals surface area contributed by atoms with Gasteiger partial charge in [-0.1, -0.05) is 24.3 Å². The van der Waals surface area contributed by atoms with Gasteiger partial charge in [-0.25, -0.2) is 0 Å². The van der Waals surface area contributed by atoms with Gasteiger partial charge in [-0.15, -0.1) is 0 Å². The number of hydrogen-bond donors (Lipinski definition) is 0. The Morgan fingerprint density at radius 1 is 1.38 bits per heavy atom. The molecule has 1 aromatic carbocycles. The number of benzene rings is 1. The van der Waals surface area contributed by atoms with Gasteiger partial charge in [0.2, 0.25) is 0 Å². The second-order valence-corrected chi connectivity index (χ2v) is 4.74. The highest BCUT2D eigenvalue weighted by Crippen LogP contribution is 2.02. The van der Waals surface area contributed by atoms with E-state index in [1.54, 1.807) is 0 Å². The first-order valence-corrected chi connectivity index (χ1v) is 7.22. The van der Waals surface area contributed by atoms with Gasteiger partial charge in [0, 0.05) is 6.42 Å². The average molecular weight is 210 g/mol. The molecule has 0 heterocycles. The maximum Gasteiger partial charge on any atom is 0.156 e. The Bertz CT molecular complexity index is 306. The van der Waals surface area contributed by atoms with Gasteiger partial charge in [0.15, 0.2) is 8.83 Å². The smallest absolute Gasteiger partial charge is 0.156 e. The topological polar surface area (TPSA) is 23.8 Å². The molecule has 1 aromatic rings. The molecule has 0 aliphatic carbocycles. The van der Waals surface area contributed by atoms with E-state index in [0.717, 1.165) is 12.8 Å². The maximum absolute atomic E-state index is 8.40. The monoisotopic (exact) mass is 209 g/mol. The predicted molar refractivity (Wildman–Crippen MR) is 59.0 cm³/mol. The molecule has 0 N–H and O–H groups in total. The first-order valence-electron chi connectivity index (χ1n) is 4.38. The zero-order chi connectivity index (χ0) is 9.52. The Morgan fingerprint density at radius 2 is 2.15 bits per heavy atom. The van der Waals surface area contributed by atoms with Gasteiger partial charge in [-0.2, -0.15) is 16.3 Å². The van der Waals surface area contributed by atoms with Crippen LogP contribution in [0.25, 0.3) is 0 Å². The van der Waals surface area contributed by atoms with Gasteiger partial charge in [0.1, 0.15) is 0 Å². The number of nitriles is 1. The molecule has 0 aliphatic heterocycles. The summed E-state index contributed by atoms with van der Waals surface area (Å²) in [6, 6.07) is 10.4. The molecule has 0 fully saturated rings. The van der Waals surface area contributed by atoms with Crippen LogP contribution in [0.2, 0.25) is 0 Å². The summed E-state index contributed by atoms with van der Waals surface area (Å²) >= 11 is 5.92. The first kappa shape index (κ1) is 10.3. The summed E-state index contributed by atoms with van der Waals surface area (Å²) in [6.07, 6.45) is 2.57. The van der Waals surface area contributed by atoms with Gasteiger partial charge >= 0.3 is 0 Å². The maximum atomic E-state index is 8.40. The Morgan fingerprint density at radius 3 is 2.85 bits per heavy atom. The van der Waals surface area contributed by atoms with Crippen molar-refractivity contribution in [2.75, 3.05) is 0 Å². The third-order valence-electron chi connectivity index (χ3n) is 2.00. The fraction of sp³-hybridized carbons (Fsp3) is 0.300. The minimum Gasteiger partial charge on any atom is -0.198 e. The number of aryl methyl sites for hydroxylation is 1. The molecular formula is C10H12ClNSi. The van der Waals surface area contributed by atoms with Crippen LogP contribution >= 0.6 is 11.1 Å². The minimum atomic E-state index is -0.583. The summed E-state index contributed by atoms with van der Waals surface area (Å²) < 4.78 is 0. The normalized spacial score (nSPS) is 10.5. The quantitative estimate of drug-likeness (QED) is 0.419. The molecule has 13 heavy (non-hydrogen) atoms. The summed E-state index contributed by atoms with van der Waals surface area (Å²) in [5, 5.41) is 9.72. The van der Waals surface area contributed by atoms with Crippen LogP contribution in [0.1, 0.15) is 18.4 Å². The molecular weight excluding hydrogens is 198 g/mol. The van der Waals surface area contributed by atoms with E-state index in [1.807, 2.05) is 12.1 Å². The van der Waals surface area contributed by atoms with Crippen molar-refractivity contribution in [1.82, 2.24) is 0 Å². The molecule has 0 bridgehead atoms. The van der Waals surface area contributed by atoms with E-state index in [0.29, 0.717) is 6.42 Å². The number of hydrogen-bond acceptors (Lipinski definition) is 1. The lowest BCUT2D eigenvalue weighted by molar-refractivity contribution is 0.854. The molecule has 0 saturated heterocycles. The van der Waals surface area contributed by atoms with Crippen molar-refractivity contribution in [3.8, 4) is 6.07 Å². The molecule has 0 saturated carbocycles. The predicted octanol–water partition coefficient (Wildman–Crippen LogP) is 1.48. The van der Waals surface area contributed by atoms with Crippen LogP contribution in [0.15, 0.2) is 24.3 Å². The molecule has 0 atom stereocenters. The van der Waals surface area contributed by atoms with Crippen molar-refractivity contribution in [2.45, 2.75) is 19.3 Å². The van der Waals surface area contributed by atoms with Crippen LogP contribution in [0.3, 0.4) is 0 Å². The fourth-order valence-corrected chi connectivity index (χ4v) is 2.76. The van der Waals surface area contributed by atoms with Crippen LogP contribution in [0, 0.1) is 11.3 Å². The second-order valence-electron chi connectivity index (χ2n) is 2.91. The molecule has 0 unspecified atom stereocenters. The van der Waals surface area contributed by atoms with E-state index in [4.69, 9.17) is 16.3 Å². The van der Waals surface area contributed by atoms with Crippen molar-refractivity contribution in [1.29, 1.82) is 5.26 Å². The number of nitrogens with zero attached hydrogens (tertiary/aromatic N) is 1. The molecule has 68 valence electrons. The zero-order valence-corrected chi connectivity index (χ0v) is 9.63. The molecule has 0 radical (unpaired) electrons. The molecule has 0 aromatic heterocycles. The van der Waals surface area contributed by atoms with Crippen LogP contribution in [0.5, 0.6) is 0 Å². The highest BCUT2D eigenvalue weighted by Gasteiger charge is 1.99. The fourth-order valence-electron chi connectivity index (χ4n) is 1.29. The Kier molecular flexibility index (Phi) is 4.59. The molecule has 1 nitrogen and oxygen atoms in total. The van der Waals surface area contributed by atoms with Crippen molar-refractivity contribution in [2.24, 2.45) is 0 Å². The van der Waals surface area contributed by atoms with Gasteiger partial charge in [0.05, 0.1) is 6.07 Å². The third kappa shape index (κ3) is 3.21. The first-order chi connectivity index (χ1) is 6.38. The van der Waals surface area contributed by atoms with Crippen LogP contribution in [-0.2, 0) is 6.42 Å². The van der Waals surface area contributed by atoms with Gasteiger partial charge in [-0.05, 0) is 23.6 Å². The van der Waals surface area contributed by atoms with Crippen molar-refractivity contribution < 1.29 is 0 Å².